The standard InChI is InChI=1S/C17H20N2O/c1-12(2)18-16-11-7-5-9-14(16)17(20)19-15-10-6-4-8-13(15)3/h4-12,18H,1-3H3,(H,19,20). The fourth-order valence-corrected chi connectivity index (χ4v) is 2.02. The summed E-state index contributed by atoms with van der Waals surface area (Å²) in [6, 6.07) is 15.6. The van der Waals surface area contributed by atoms with Gasteiger partial charge in [0.05, 0.1) is 5.56 Å². The summed E-state index contributed by atoms with van der Waals surface area (Å²) in [5, 5.41) is 6.26. The Kier molecular flexibility index (Phi) is 4.41. The molecule has 3 heteroatoms. The molecular weight excluding hydrogens is 248 g/mol. The third-order valence-electron chi connectivity index (χ3n) is 3.01. The molecular formula is C17H20N2O. The Morgan fingerprint density at radius 3 is 2.20 bits per heavy atom. The van der Waals surface area contributed by atoms with Crippen molar-refractivity contribution in [2.45, 2.75) is 26.8 Å². The van der Waals surface area contributed by atoms with E-state index in [4.69, 9.17) is 0 Å². The maximum absolute atomic E-state index is 12.4. The highest BCUT2D eigenvalue weighted by molar-refractivity contribution is 6.08. The Morgan fingerprint density at radius 1 is 0.950 bits per heavy atom. The number of hydrogen-bond acceptors (Lipinski definition) is 2. The average Bonchev–Trinajstić information content (AvgIpc) is 2.41. The summed E-state index contributed by atoms with van der Waals surface area (Å²) in [7, 11) is 0. The van der Waals surface area contributed by atoms with E-state index in [1.807, 2.05) is 55.5 Å². The average molecular weight is 268 g/mol. The van der Waals surface area contributed by atoms with Crippen LogP contribution < -0.4 is 10.6 Å². The van der Waals surface area contributed by atoms with Crippen molar-refractivity contribution in [3.8, 4) is 0 Å². The molecule has 0 unspecified atom stereocenters. The molecule has 2 aromatic carbocycles. The normalized spacial score (nSPS) is 10.4. The fraction of sp³-hybridized carbons (Fsp3) is 0.235. The quantitative estimate of drug-likeness (QED) is 0.877. The molecule has 0 saturated heterocycles. The first-order valence-electron chi connectivity index (χ1n) is 6.80. The van der Waals surface area contributed by atoms with Crippen LogP contribution in [0.1, 0.15) is 29.8 Å². The van der Waals surface area contributed by atoms with Crippen LogP contribution in [0.15, 0.2) is 48.5 Å². The van der Waals surface area contributed by atoms with Crippen molar-refractivity contribution in [1.29, 1.82) is 0 Å². The van der Waals surface area contributed by atoms with Crippen molar-refractivity contribution >= 4 is 17.3 Å². The van der Waals surface area contributed by atoms with E-state index in [9.17, 15) is 4.79 Å². The molecule has 3 nitrogen and oxygen atoms in total. The van der Waals surface area contributed by atoms with Crippen molar-refractivity contribution in [3.63, 3.8) is 0 Å². The van der Waals surface area contributed by atoms with Gasteiger partial charge in [0.25, 0.3) is 5.91 Å². The van der Waals surface area contributed by atoms with Gasteiger partial charge in [-0.15, -0.1) is 0 Å². The van der Waals surface area contributed by atoms with Crippen molar-refractivity contribution in [2.75, 3.05) is 10.6 Å². The summed E-state index contributed by atoms with van der Waals surface area (Å²) in [5.74, 6) is -0.0944. The van der Waals surface area contributed by atoms with E-state index in [0.29, 0.717) is 5.56 Å². The summed E-state index contributed by atoms with van der Waals surface area (Å²) in [4.78, 5) is 12.4. The van der Waals surface area contributed by atoms with Crippen molar-refractivity contribution < 1.29 is 4.79 Å². The van der Waals surface area contributed by atoms with Crippen LogP contribution in [-0.2, 0) is 0 Å². The number of carbonyl (C=O) groups excluding carboxylic acids is 1. The number of carbonyl (C=O) groups is 1. The third-order valence-corrected chi connectivity index (χ3v) is 3.01. The van der Waals surface area contributed by atoms with E-state index in [1.54, 1.807) is 0 Å². The molecule has 2 N–H and O–H groups in total. The minimum atomic E-state index is -0.0944. The van der Waals surface area contributed by atoms with Gasteiger partial charge in [-0.1, -0.05) is 30.3 Å². The van der Waals surface area contributed by atoms with Crippen molar-refractivity contribution in [1.82, 2.24) is 0 Å². The number of amides is 1. The van der Waals surface area contributed by atoms with E-state index in [-0.39, 0.29) is 11.9 Å². The number of benzene rings is 2. The lowest BCUT2D eigenvalue weighted by Crippen LogP contribution is -2.18. The third kappa shape index (κ3) is 3.38. The van der Waals surface area contributed by atoms with Gasteiger partial charge in [0.15, 0.2) is 0 Å². The van der Waals surface area contributed by atoms with Gasteiger partial charge in [-0.05, 0) is 44.5 Å². The number of para-hydroxylation sites is 2. The maximum atomic E-state index is 12.4. The number of nitrogens with one attached hydrogen (secondary N) is 2. The predicted octanol–water partition coefficient (Wildman–Crippen LogP) is 4.07. The SMILES string of the molecule is Cc1ccccc1NC(=O)c1ccccc1NC(C)C. The fourth-order valence-electron chi connectivity index (χ4n) is 2.02. The zero-order valence-corrected chi connectivity index (χ0v) is 12.1. The molecule has 2 rings (SSSR count). The Bertz CT molecular complexity index is 605. The largest absolute Gasteiger partial charge is 0.382 e. The van der Waals surface area contributed by atoms with Gasteiger partial charge in [0.2, 0.25) is 0 Å². The summed E-state index contributed by atoms with van der Waals surface area (Å²) >= 11 is 0. The van der Waals surface area contributed by atoms with E-state index >= 15 is 0 Å². The van der Waals surface area contributed by atoms with Gasteiger partial charge in [-0.25, -0.2) is 0 Å². The molecule has 1 amide bonds. The lowest BCUT2D eigenvalue weighted by molar-refractivity contribution is 0.102. The molecule has 0 aliphatic heterocycles. The van der Waals surface area contributed by atoms with Crippen molar-refractivity contribution in [3.05, 3.63) is 59.7 Å². The second kappa shape index (κ2) is 6.24. The number of anilines is 2. The highest BCUT2D eigenvalue weighted by Gasteiger charge is 2.12. The molecule has 0 radical (unpaired) electrons. The predicted molar refractivity (Wildman–Crippen MR) is 84.3 cm³/mol. The molecule has 0 atom stereocenters. The summed E-state index contributed by atoms with van der Waals surface area (Å²) in [6.07, 6.45) is 0. The smallest absolute Gasteiger partial charge is 0.257 e. The highest BCUT2D eigenvalue weighted by Crippen LogP contribution is 2.19. The molecule has 0 fully saturated rings. The second-order valence-electron chi connectivity index (χ2n) is 5.11. The van der Waals surface area contributed by atoms with Crippen LogP contribution in [0.25, 0.3) is 0 Å². The number of hydrogen-bond donors (Lipinski definition) is 2. The van der Waals surface area contributed by atoms with E-state index in [2.05, 4.69) is 24.5 Å². The van der Waals surface area contributed by atoms with Crippen LogP contribution >= 0.6 is 0 Å². The van der Waals surface area contributed by atoms with Gasteiger partial charge in [0.1, 0.15) is 0 Å². The monoisotopic (exact) mass is 268 g/mol. The summed E-state index contributed by atoms with van der Waals surface area (Å²) in [6.45, 7) is 6.08. The molecule has 0 bridgehead atoms. The first kappa shape index (κ1) is 14.1. The number of aryl methyl sites for hydroxylation is 1. The van der Waals surface area contributed by atoms with Crippen LogP contribution in [0.4, 0.5) is 11.4 Å². The minimum Gasteiger partial charge on any atom is -0.382 e. The Labute approximate surface area is 120 Å². The topological polar surface area (TPSA) is 41.1 Å². The summed E-state index contributed by atoms with van der Waals surface area (Å²) < 4.78 is 0. The van der Waals surface area contributed by atoms with Crippen molar-refractivity contribution in [2.24, 2.45) is 0 Å². The van der Waals surface area contributed by atoms with E-state index < -0.39 is 0 Å². The first-order valence-corrected chi connectivity index (χ1v) is 6.80. The molecule has 2 aromatic rings. The van der Waals surface area contributed by atoms with Crippen LogP contribution in [0.5, 0.6) is 0 Å². The van der Waals surface area contributed by atoms with Crippen LogP contribution in [-0.4, -0.2) is 11.9 Å². The van der Waals surface area contributed by atoms with E-state index in [1.165, 1.54) is 0 Å². The van der Waals surface area contributed by atoms with Gasteiger partial charge < -0.3 is 10.6 Å². The second-order valence-corrected chi connectivity index (χ2v) is 5.11. The van der Waals surface area contributed by atoms with Crippen LogP contribution in [0.2, 0.25) is 0 Å². The molecule has 0 spiro atoms. The first-order chi connectivity index (χ1) is 9.58. The highest BCUT2D eigenvalue weighted by atomic mass is 16.1. The molecule has 20 heavy (non-hydrogen) atoms. The molecule has 104 valence electrons. The molecule has 0 heterocycles. The summed E-state index contributed by atoms with van der Waals surface area (Å²) in [5.41, 5.74) is 3.41. The van der Waals surface area contributed by atoms with Gasteiger partial charge in [-0.3, -0.25) is 4.79 Å². The zero-order chi connectivity index (χ0) is 14.5. The Hall–Kier alpha value is -2.29. The Balaban J connectivity index is 2.23. The zero-order valence-electron chi connectivity index (χ0n) is 12.1. The number of rotatable bonds is 4. The van der Waals surface area contributed by atoms with Gasteiger partial charge in [0, 0.05) is 17.4 Å². The van der Waals surface area contributed by atoms with Gasteiger partial charge >= 0.3 is 0 Å². The molecule has 0 aliphatic carbocycles. The van der Waals surface area contributed by atoms with Crippen LogP contribution in [0.3, 0.4) is 0 Å². The lowest BCUT2D eigenvalue weighted by atomic mass is 10.1. The van der Waals surface area contributed by atoms with E-state index in [0.717, 1.165) is 16.9 Å². The lowest BCUT2D eigenvalue weighted by Gasteiger charge is -2.15. The molecule has 0 saturated carbocycles. The molecule has 0 aliphatic rings. The maximum Gasteiger partial charge on any atom is 0.257 e. The van der Waals surface area contributed by atoms with Crippen LogP contribution in [0, 0.1) is 6.92 Å². The minimum absolute atomic E-state index is 0.0944. The Morgan fingerprint density at radius 2 is 1.55 bits per heavy atom. The van der Waals surface area contributed by atoms with Gasteiger partial charge in [-0.2, -0.15) is 0 Å². The molecule has 0 aromatic heterocycles.